The molecule has 1 aromatic rings. The first-order chi connectivity index (χ1) is 11.6. The van der Waals surface area contributed by atoms with E-state index in [1.807, 2.05) is 25.1 Å². The van der Waals surface area contributed by atoms with E-state index in [0.29, 0.717) is 31.1 Å². The number of anilines is 1. The second-order valence-corrected chi connectivity index (χ2v) is 6.11. The lowest BCUT2D eigenvalue weighted by Crippen LogP contribution is -2.49. The number of nitrogens with one attached hydrogen (secondary N) is 2. The lowest BCUT2D eigenvalue weighted by atomic mass is 10.1. The molecular formula is C17H23N3O4. The summed E-state index contributed by atoms with van der Waals surface area (Å²) in [6.07, 6.45) is 1.00. The normalized spacial score (nSPS) is 21.3. The van der Waals surface area contributed by atoms with E-state index < -0.39 is 0 Å². The van der Waals surface area contributed by atoms with E-state index in [9.17, 15) is 9.59 Å². The molecule has 0 spiro atoms. The van der Waals surface area contributed by atoms with Crippen molar-refractivity contribution in [1.82, 2.24) is 10.2 Å². The minimum Gasteiger partial charge on any atom is -0.482 e. The SMILES string of the molecule is CC[C@@H]1CN(C(=O)N[C@H](C)c2ccc3c(c2)NC(=O)CO3)CCO1. The topological polar surface area (TPSA) is 79.9 Å². The van der Waals surface area contributed by atoms with Crippen molar-refractivity contribution in [2.24, 2.45) is 0 Å². The Kier molecular flexibility index (Phi) is 4.89. The number of nitrogens with zero attached hydrogens (tertiary/aromatic N) is 1. The summed E-state index contributed by atoms with van der Waals surface area (Å²) in [4.78, 5) is 25.7. The van der Waals surface area contributed by atoms with Crippen molar-refractivity contribution in [2.45, 2.75) is 32.4 Å². The number of fused-ring (bicyclic) bond motifs is 1. The van der Waals surface area contributed by atoms with Gasteiger partial charge in [0.1, 0.15) is 5.75 Å². The molecular weight excluding hydrogens is 310 g/mol. The van der Waals surface area contributed by atoms with Gasteiger partial charge >= 0.3 is 6.03 Å². The van der Waals surface area contributed by atoms with Crippen molar-refractivity contribution in [3.63, 3.8) is 0 Å². The van der Waals surface area contributed by atoms with E-state index in [2.05, 4.69) is 17.6 Å². The summed E-state index contributed by atoms with van der Waals surface area (Å²) >= 11 is 0. The Labute approximate surface area is 141 Å². The predicted octanol–water partition coefficient (Wildman–Crippen LogP) is 1.90. The van der Waals surface area contributed by atoms with Crippen LogP contribution >= 0.6 is 0 Å². The highest BCUT2D eigenvalue weighted by molar-refractivity contribution is 5.95. The predicted molar refractivity (Wildman–Crippen MR) is 89.1 cm³/mol. The summed E-state index contributed by atoms with van der Waals surface area (Å²) in [6.45, 7) is 5.80. The summed E-state index contributed by atoms with van der Waals surface area (Å²) in [5.41, 5.74) is 1.55. The van der Waals surface area contributed by atoms with Gasteiger partial charge in [0.25, 0.3) is 5.91 Å². The molecule has 24 heavy (non-hydrogen) atoms. The molecule has 130 valence electrons. The molecule has 1 aromatic carbocycles. The number of amides is 3. The molecule has 2 N–H and O–H groups in total. The molecule has 3 amide bonds. The Morgan fingerprint density at radius 3 is 3.12 bits per heavy atom. The highest BCUT2D eigenvalue weighted by Crippen LogP contribution is 2.30. The minimum absolute atomic E-state index is 0.0360. The Balaban J connectivity index is 1.64. The Morgan fingerprint density at radius 1 is 1.50 bits per heavy atom. The van der Waals surface area contributed by atoms with Gasteiger partial charge in [-0.25, -0.2) is 4.79 Å². The number of hydrogen-bond donors (Lipinski definition) is 2. The van der Waals surface area contributed by atoms with Crippen LogP contribution < -0.4 is 15.4 Å². The van der Waals surface area contributed by atoms with Crippen LogP contribution in [0.1, 0.15) is 31.9 Å². The maximum Gasteiger partial charge on any atom is 0.318 e. The molecule has 7 nitrogen and oxygen atoms in total. The smallest absolute Gasteiger partial charge is 0.318 e. The van der Waals surface area contributed by atoms with E-state index in [1.54, 1.807) is 4.90 Å². The van der Waals surface area contributed by atoms with Crippen molar-refractivity contribution < 1.29 is 19.1 Å². The molecule has 1 fully saturated rings. The number of rotatable bonds is 3. The van der Waals surface area contributed by atoms with E-state index >= 15 is 0 Å². The Morgan fingerprint density at radius 2 is 2.33 bits per heavy atom. The second kappa shape index (κ2) is 7.09. The maximum atomic E-state index is 12.4. The fraction of sp³-hybridized carbons (Fsp3) is 0.529. The van der Waals surface area contributed by atoms with Gasteiger partial charge in [0, 0.05) is 13.1 Å². The minimum atomic E-state index is -0.176. The number of ether oxygens (including phenoxy) is 2. The summed E-state index contributed by atoms with van der Waals surface area (Å²) in [5, 5.41) is 5.79. The average Bonchev–Trinajstić information content (AvgIpc) is 2.61. The quantitative estimate of drug-likeness (QED) is 0.885. The van der Waals surface area contributed by atoms with Gasteiger partial charge < -0.3 is 25.0 Å². The summed E-state index contributed by atoms with van der Waals surface area (Å²) in [7, 11) is 0. The fourth-order valence-electron chi connectivity index (χ4n) is 2.88. The zero-order valence-electron chi connectivity index (χ0n) is 14.0. The van der Waals surface area contributed by atoms with E-state index in [0.717, 1.165) is 12.0 Å². The van der Waals surface area contributed by atoms with Crippen LogP contribution in [0.4, 0.5) is 10.5 Å². The number of hydrogen-bond acceptors (Lipinski definition) is 4. The molecule has 2 heterocycles. The lowest BCUT2D eigenvalue weighted by molar-refractivity contribution is -0.118. The summed E-state index contributed by atoms with van der Waals surface area (Å²) < 4.78 is 10.9. The fourth-order valence-corrected chi connectivity index (χ4v) is 2.88. The van der Waals surface area contributed by atoms with Crippen LogP contribution in [0.5, 0.6) is 5.75 Å². The molecule has 2 atom stereocenters. The second-order valence-electron chi connectivity index (χ2n) is 6.11. The molecule has 0 radical (unpaired) electrons. The molecule has 0 saturated carbocycles. The van der Waals surface area contributed by atoms with Crippen LogP contribution in [-0.2, 0) is 9.53 Å². The highest BCUT2D eigenvalue weighted by atomic mass is 16.5. The first kappa shape index (κ1) is 16.6. The molecule has 2 aliphatic heterocycles. The van der Waals surface area contributed by atoms with Gasteiger partial charge in [-0.15, -0.1) is 0 Å². The van der Waals surface area contributed by atoms with Crippen LogP contribution in [0.2, 0.25) is 0 Å². The lowest BCUT2D eigenvalue weighted by Gasteiger charge is -2.33. The monoisotopic (exact) mass is 333 g/mol. The number of benzene rings is 1. The first-order valence-electron chi connectivity index (χ1n) is 8.30. The van der Waals surface area contributed by atoms with Crippen molar-refractivity contribution in [3.05, 3.63) is 23.8 Å². The molecule has 1 saturated heterocycles. The van der Waals surface area contributed by atoms with Gasteiger partial charge in [0.05, 0.1) is 24.4 Å². The average molecular weight is 333 g/mol. The zero-order chi connectivity index (χ0) is 17.1. The van der Waals surface area contributed by atoms with Crippen LogP contribution in [0.3, 0.4) is 0 Å². The largest absolute Gasteiger partial charge is 0.482 e. The third-order valence-electron chi connectivity index (χ3n) is 4.36. The molecule has 0 aromatic heterocycles. The molecule has 0 unspecified atom stereocenters. The van der Waals surface area contributed by atoms with Crippen molar-refractivity contribution in [1.29, 1.82) is 0 Å². The van der Waals surface area contributed by atoms with Gasteiger partial charge in [-0.05, 0) is 31.0 Å². The van der Waals surface area contributed by atoms with Crippen molar-refractivity contribution in [2.75, 3.05) is 31.6 Å². The van der Waals surface area contributed by atoms with Gasteiger partial charge in [-0.2, -0.15) is 0 Å². The third kappa shape index (κ3) is 3.62. The van der Waals surface area contributed by atoms with Gasteiger partial charge in [-0.1, -0.05) is 13.0 Å². The van der Waals surface area contributed by atoms with Gasteiger partial charge in [0.15, 0.2) is 6.61 Å². The number of urea groups is 1. The molecule has 2 aliphatic rings. The third-order valence-corrected chi connectivity index (χ3v) is 4.36. The molecule has 0 bridgehead atoms. The molecule has 3 rings (SSSR count). The summed E-state index contributed by atoms with van der Waals surface area (Å²) in [6, 6.07) is 5.28. The first-order valence-corrected chi connectivity index (χ1v) is 8.30. The molecule has 0 aliphatic carbocycles. The summed E-state index contributed by atoms with van der Waals surface area (Å²) in [5.74, 6) is 0.478. The van der Waals surface area contributed by atoms with Gasteiger partial charge in [0.2, 0.25) is 0 Å². The van der Waals surface area contributed by atoms with E-state index in [-0.39, 0.29) is 30.7 Å². The van der Waals surface area contributed by atoms with Crippen molar-refractivity contribution >= 4 is 17.6 Å². The van der Waals surface area contributed by atoms with E-state index in [4.69, 9.17) is 9.47 Å². The van der Waals surface area contributed by atoms with Crippen LogP contribution in [0, 0.1) is 0 Å². The van der Waals surface area contributed by atoms with Crippen LogP contribution in [-0.4, -0.2) is 49.2 Å². The van der Waals surface area contributed by atoms with Crippen LogP contribution in [0.15, 0.2) is 18.2 Å². The van der Waals surface area contributed by atoms with Crippen molar-refractivity contribution in [3.8, 4) is 5.75 Å². The molecule has 7 heteroatoms. The Hall–Kier alpha value is -2.28. The highest BCUT2D eigenvalue weighted by Gasteiger charge is 2.24. The van der Waals surface area contributed by atoms with Crippen LogP contribution in [0.25, 0.3) is 0 Å². The number of carbonyl (C=O) groups is 2. The number of morpholine rings is 1. The maximum absolute atomic E-state index is 12.4. The number of carbonyl (C=O) groups excluding carboxylic acids is 2. The standard InChI is InChI=1S/C17H23N3O4/c1-3-13-9-20(6-7-23-13)17(22)18-11(2)12-4-5-15-14(8-12)19-16(21)10-24-15/h4-5,8,11,13H,3,6-7,9-10H2,1-2H3,(H,18,22)(H,19,21)/t11-,13-/m1/s1. The van der Waals surface area contributed by atoms with Gasteiger partial charge in [-0.3, -0.25) is 4.79 Å². The Bertz CT molecular complexity index is 634. The zero-order valence-corrected chi connectivity index (χ0v) is 14.0. The van der Waals surface area contributed by atoms with E-state index in [1.165, 1.54) is 0 Å².